The number of aryl methyl sites for hydroxylation is 2. The number of carbonyl (C=O) groups excluding carboxylic acids is 2. The zero-order valence-corrected chi connectivity index (χ0v) is 14.5. The summed E-state index contributed by atoms with van der Waals surface area (Å²) < 4.78 is 0.980. The zero-order chi connectivity index (χ0) is 15.7. The summed E-state index contributed by atoms with van der Waals surface area (Å²) in [7, 11) is 0. The summed E-state index contributed by atoms with van der Waals surface area (Å²) in [6.45, 7) is 8.12. The van der Waals surface area contributed by atoms with Crippen LogP contribution in [0.1, 0.15) is 31.4 Å². The van der Waals surface area contributed by atoms with E-state index in [-0.39, 0.29) is 18.4 Å². The van der Waals surface area contributed by atoms with Crippen LogP contribution in [0.15, 0.2) is 16.6 Å². The minimum absolute atomic E-state index is 0.0168. The average Bonchev–Trinajstić information content (AvgIpc) is 2.32. The third kappa shape index (κ3) is 3.46. The number of piperazine rings is 1. The number of halogens is 1. The zero-order valence-electron chi connectivity index (χ0n) is 12.9. The summed E-state index contributed by atoms with van der Waals surface area (Å²) in [5, 5.41) is 2.81. The Labute approximate surface area is 134 Å². The van der Waals surface area contributed by atoms with Gasteiger partial charge in [0.2, 0.25) is 11.8 Å². The van der Waals surface area contributed by atoms with Crippen LogP contribution in [0, 0.1) is 19.8 Å². The Hall–Kier alpha value is -1.36. The van der Waals surface area contributed by atoms with Crippen molar-refractivity contribution in [2.45, 2.75) is 40.2 Å². The fraction of sp³-hybridized carbons (Fsp3) is 0.500. The molecule has 2 rings (SSSR count). The highest BCUT2D eigenvalue weighted by Gasteiger charge is 2.34. The van der Waals surface area contributed by atoms with Crippen molar-refractivity contribution in [1.82, 2.24) is 5.32 Å². The molecule has 2 amide bonds. The van der Waals surface area contributed by atoms with Crippen LogP contribution in [0.4, 0.5) is 5.69 Å². The lowest BCUT2D eigenvalue weighted by Crippen LogP contribution is -2.58. The summed E-state index contributed by atoms with van der Waals surface area (Å²) in [5.41, 5.74) is 2.84. The van der Waals surface area contributed by atoms with Gasteiger partial charge in [-0.1, -0.05) is 29.8 Å². The third-order valence-corrected chi connectivity index (χ3v) is 4.09. The molecular formula is C16H21BrN2O2. The summed E-state index contributed by atoms with van der Waals surface area (Å²) in [4.78, 5) is 26.3. The van der Waals surface area contributed by atoms with Crippen molar-refractivity contribution in [2.75, 3.05) is 11.4 Å². The Morgan fingerprint density at radius 1 is 1.29 bits per heavy atom. The molecule has 114 valence electrons. The molecule has 21 heavy (non-hydrogen) atoms. The topological polar surface area (TPSA) is 49.4 Å². The highest BCUT2D eigenvalue weighted by atomic mass is 79.9. The molecule has 4 nitrogen and oxygen atoms in total. The van der Waals surface area contributed by atoms with Crippen LogP contribution in [0.2, 0.25) is 0 Å². The fourth-order valence-corrected chi connectivity index (χ4v) is 3.55. The molecule has 0 aliphatic carbocycles. The maximum Gasteiger partial charge on any atom is 0.250 e. The summed E-state index contributed by atoms with van der Waals surface area (Å²) >= 11 is 3.46. The molecule has 1 aromatic rings. The standard InChI is InChI=1S/C16H21BrN2O2/c1-9(2)5-13-16(21)19(8-14(20)18-13)15-10(3)6-12(17)7-11(15)4/h6-7,9,13H,5,8H2,1-4H3,(H,18,20). The van der Waals surface area contributed by atoms with E-state index in [1.54, 1.807) is 4.90 Å². The first kappa shape index (κ1) is 16.0. The fourth-order valence-electron chi connectivity index (χ4n) is 2.86. The number of hydrogen-bond acceptors (Lipinski definition) is 2. The number of benzene rings is 1. The van der Waals surface area contributed by atoms with E-state index in [4.69, 9.17) is 0 Å². The normalized spacial score (nSPS) is 19.1. The second-order valence-corrected chi connectivity index (χ2v) is 6.98. The van der Waals surface area contributed by atoms with Crippen molar-refractivity contribution in [3.8, 4) is 0 Å². The van der Waals surface area contributed by atoms with Gasteiger partial charge in [-0.25, -0.2) is 0 Å². The van der Waals surface area contributed by atoms with Crippen LogP contribution in [0.5, 0.6) is 0 Å². The van der Waals surface area contributed by atoms with Gasteiger partial charge in [-0.05, 0) is 49.4 Å². The third-order valence-electron chi connectivity index (χ3n) is 3.63. The maximum atomic E-state index is 12.7. The molecule has 1 aromatic carbocycles. The largest absolute Gasteiger partial charge is 0.343 e. The Morgan fingerprint density at radius 3 is 2.38 bits per heavy atom. The minimum atomic E-state index is -0.423. The quantitative estimate of drug-likeness (QED) is 0.908. The van der Waals surface area contributed by atoms with E-state index in [2.05, 4.69) is 35.1 Å². The lowest BCUT2D eigenvalue weighted by molar-refractivity contribution is -0.131. The van der Waals surface area contributed by atoms with E-state index in [9.17, 15) is 9.59 Å². The second kappa shape index (κ2) is 6.18. The smallest absolute Gasteiger partial charge is 0.250 e. The van der Waals surface area contributed by atoms with E-state index in [0.29, 0.717) is 12.3 Å². The highest BCUT2D eigenvalue weighted by Crippen LogP contribution is 2.30. The van der Waals surface area contributed by atoms with Crippen LogP contribution >= 0.6 is 15.9 Å². The number of anilines is 1. The van der Waals surface area contributed by atoms with Gasteiger partial charge in [0.15, 0.2) is 0 Å². The van der Waals surface area contributed by atoms with Crippen molar-refractivity contribution >= 4 is 33.4 Å². The highest BCUT2D eigenvalue weighted by molar-refractivity contribution is 9.10. The first-order chi connectivity index (χ1) is 9.79. The van der Waals surface area contributed by atoms with Crippen LogP contribution in [-0.2, 0) is 9.59 Å². The number of carbonyl (C=O) groups is 2. The maximum absolute atomic E-state index is 12.7. The van der Waals surface area contributed by atoms with Crippen molar-refractivity contribution in [3.05, 3.63) is 27.7 Å². The second-order valence-electron chi connectivity index (χ2n) is 6.06. The number of hydrogen-bond donors (Lipinski definition) is 1. The lowest BCUT2D eigenvalue weighted by Gasteiger charge is -2.35. The van der Waals surface area contributed by atoms with Crippen molar-refractivity contribution in [1.29, 1.82) is 0 Å². The van der Waals surface area contributed by atoms with Crippen molar-refractivity contribution in [2.24, 2.45) is 5.92 Å². The van der Waals surface area contributed by atoms with Crippen LogP contribution < -0.4 is 10.2 Å². The van der Waals surface area contributed by atoms with Gasteiger partial charge >= 0.3 is 0 Å². The van der Waals surface area contributed by atoms with E-state index in [1.165, 1.54) is 0 Å². The molecule has 1 atom stereocenters. The Bertz CT molecular complexity index is 561. The summed E-state index contributed by atoms with van der Waals surface area (Å²) in [6, 6.07) is 3.52. The van der Waals surface area contributed by atoms with Gasteiger partial charge in [-0.15, -0.1) is 0 Å². The molecule has 5 heteroatoms. The minimum Gasteiger partial charge on any atom is -0.343 e. The molecule has 0 aromatic heterocycles. The molecule has 1 aliphatic rings. The molecule has 0 radical (unpaired) electrons. The Kier molecular flexibility index (Phi) is 4.71. The van der Waals surface area contributed by atoms with E-state index < -0.39 is 6.04 Å². The van der Waals surface area contributed by atoms with Gasteiger partial charge in [-0.3, -0.25) is 9.59 Å². The van der Waals surface area contributed by atoms with Gasteiger partial charge in [0.25, 0.3) is 0 Å². The predicted molar refractivity (Wildman–Crippen MR) is 87.4 cm³/mol. The molecule has 1 aliphatic heterocycles. The first-order valence-electron chi connectivity index (χ1n) is 7.17. The Morgan fingerprint density at radius 2 is 1.86 bits per heavy atom. The molecule has 1 N–H and O–H groups in total. The molecule has 0 spiro atoms. The van der Waals surface area contributed by atoms with E-state index in [1.807, 2.05) is 26.0 Å². The summed E-state index contributed by atoms with van der Waals surface area (Å²) in [6.07, 6.45) is 0.662. The number of rotatable bonds is 3. The Balaban J connectivity index is 2.38. The van der Waals surface area contributed by atoms with Crippen molar-refractivity contribution in [3.63, 3.8) is 0 Å². The average molecular weight is 353 g/mol. The monoisotopic (exact) mass is 352 g/mol. The van der Waals surface area contributed by atoms with Gasteiger partial charge < -0.3 is 10.2 Å². The lowest BCUT2D eigenvalue weighted by atomic mass is 9.99. The van der Waals surface area contributed by atoms with Gasteiger partial charge in [-0.2, -0.15) is 0 Å². The van der Waals surface area contributed by atoms with Gasteiger partial charge in [0.1, 0.15) is 12.6 Å². The first-order valence-corrected chi connectivity index (χ1v) is 7.96. The van der Waals surface area contributed by atoms with Crippen LogP contribution in [0.25, 0.3) is 0 Å². The van der Waals surface area contributed by atoms with Crippen LogP contribution in [0.3, 0.4) is 0 Å². The predicted octanol–water partition coefficient (Wildman–Crippen LogP) is 2.94. The number of amides is 2. The number of nitrogens with one attached hydrogen (secondary N) is 1. The molecule has 0 saturated carbocycles. The number of nitrogens with zero attached hydrogens (tertiary/aromatic N) is 1. The molecule has 1 unspecified atom stereocenters. The van der Waals surface area contributed by atoms with E-state index in [0.717, 1.165) is 21.3 Å². The molecule has 1 saturated heterocycles. The van der Waals surface area contributed by atoms with Gasteiger partial charge in [0.05, 0.1) is 5.69 Å². The van der Waals surface area contributed by atoms with E-state index >= 15 is 0 Å². The summed E-state index contributed by atoms with van der Waals surface area (Å²) in [5.74, 6) is 0.241. The molecule has 1 fully saturated rings. The molecule has 1 heterocycles. The molecular weight excluding hydrogens is 332 g/mol. The van der Waals surface area contributed by atoms with Gasteiger partial charge in [0, 0.05) is 4.47 Å². The molecule has 0 bridgehead atoms. The van der Waals surface area contributed by atoms with Crippen LogP contribution in [-0.4, -0.2) is 24.4 Å². The van der Waals surface area contributed by atoms with Crippen molar-refractivity contribution < 1.29 is 9.59 Å². The SMILES string of the molecule is Cc1cc(Br)cc(C)c1N1CC(=O)NC(CC(C)C)C1=O.